The van der Waals surface area contributed by atoms with Gasteiger partial charge in [0, 0.05) is 5.92 Å². The topological polar surface area (TPSA) is 20.2 Å². The van der Waals surface area contributed by atoms with E-state index < -0.39 is 6.08 Å². The van der Waals surface area contributed by atoms with E-state index in [1.165, 1.54) is 32.1 Å². The average molecular weight is 245 g/mol. The minimum absolute atomic E-state index is 0.000580. The number of hydrogen-bond acceptors (Lipinski definition) is 1. The molecule has 98 valence electrons. The van der Waals surface area contributed by atoms with E-state index >= 15 is 0 Å². The van der Waals surface area contributed by atoms with Crippen molar-refractivity contribution in [2.45, 2.75) is 56.9 Å². The van der Waals surface area contributed by atoms with Crippen LogP contribution in [0, 0.1) is 11.8 Å². The van der Waals surface area contributed by atoms with Gasteiger partial charge in [-0.15, -0.1) is 0 Å². The number of aliphatic hydroxyl groups is 1. The quantitative estimate of drug-likeness (QED) is 0.831. The molecule has 1 heteroatoms. The molecule has 2 aliphatic rings. The second kappa shape index (κ2) is 5.44. The van der Waals surface area contributed by atoms with E-state index in [1.807, 2.05) is 18.2 Å². The minimum atomic E-state index is -1.26. The van der Waals surface area contributed by atoms with Crippen LogP contribution in [0.1, 0.15) is 57.8 Å². The highest BCUT2D eigenvalue weighted by Gasteiger charge is 2.37. The lowest BCUT2D eigenvalue weighted by atomic mass is 9.78. The van der Waals surface area contributed by atoms with Gasteiger partial charge in [-0.3, -0.25) is 0 Å². The van der Waals surface area contributed by atoms with Gasteiger partial charge >= 0.3 is 0 Å². The summed E-state index contributed by atoms with van der Waals surface area (Å²) in [6.45, 7) is 0. The summed E-state index contributed by atoms with van der Waals surface area (Å²) < 4.78 is 8.29. The van der Waals surface area contributed by atoms with Crippen molar-refractivity contribution >= 4 is 0 Å². The Morgan fingerprint density at radius 2 is 1.67 bits per heavy atom. The Balaban J connectivity index is 1.75. The first kappa shape index (κ1) is 11.0. The Morgan fingerprint density at radius 3 is 2.39 bits per heavy atom. The summed E-state index contributed by atoms with van der Waals surface area (Å²) in [5, 5.41) is 10.5. The third kappa shape index (κ3) is 2.47. The largest absolute Gasteiger partial charge is 0.392 e. The van der Waals surface area contributed by atoms with Crippen molar-refractivity contribution in [1.29, 1.82) is 0 Å². The zero-order valence-electron chi connectivity index (χ0n) is 12.0. The minimum Gasteiger partial charge on any atom is -0.392 e. The van der Waals surface area contributed by atoms with Crippen molar-refractivity contribution < 1.29 is 6.48 Å². The van der Waals surface area contributed by atoms with Crippen molar-refractivity contribution in [1.82, 2.24) is 0 Å². The van der Waals surface area contributed by atoms with Gasteiger partial charge in [-0.05, 0) is 30.2 Å². The summed E-state index contributed by atoms with van der Waals surface area (Å²) in [4.78, 5) is 0. The molecule has 1 aromatic rings. The lowest BCUT2D eigenvalue weighted by molar-refractivity contribution is 0.151. The molecule has 1 unspecified atom stereocenters. The second-order valence-corrected chi connectivity index (χ2v) is 6.05. The van der Waals surface area contributed by atoms with E-state index in [0.29, 0.717) is 12.3 Å². The summed E-state index contributed by atoms with van der Waals surface area (Å²) in [5.74, 6) is 1.30. The van der Waals surface area contributed by atoms with E-state index in [2.05, 4.69) is 12.1 Å². The average Bonchev–Trinajstić information content (AvgIpc) is 2.77. The van der Waals surface area contributed by atoms with Crippen molar-refractivity contribution in [2.24, 2.45) is 11.8 Å². The number of rotatable bonds is 2. The molecular weight excluding hydrogens is 220 g/mol. The predicted molar refractivity (Wildman–Crippen MR) is 74.5 cm³/mol. The van der Waals surface area contributed by atoms with Gasteiger partial charge in [0.25, 0.3) is 0 Å². The van der Waals surface area contributed by atoms with Gasteiger partial charge < -0.3 is 5.11 Å². The second-order valence-electron chi connectivity index (χ2n) is 6.05. The van der Waals surface area contributed by atoms with Crippen LogP contribution in [0.25, 0.3) is 0 Å². The summed E-state index contributed by atoms with van der Waals surface area (Å²) in [6.07, 6.45) is 7.07. The molecule has 1 nitrogen and oxygen atoms in total. The Labute approximate surface area is 112 Å². The van der Waals surface area contributed by atoms with Crippen LogP contribution in [0.3, 0.4) is 0 Å². The fourth-order valence-electron chi connectivity index (χ4n) is 3.91. The monoisotopic (exact) mass is 245 g/mol. The van der Waals surface area contributed by atoms with Crippen molar-refractivity contribution in [2.75, 3.05) is 0 Å². The third-order valence-corrected chi connectivity index (χ3v) is 4.93. The molecule has 2 saturated carbocycles. The smallest absolute Gasteiger partial charge is 0.0611 e. The van der Waals surface area contributed by atoms with E-state index in [-0.39, 0.29) is 5.92 Å². The van der Waals surface area contributed by atoms with Crippen LogP contribution in [0.5, 0.6) is 0 Å². The molecule has 3 atom stereocenters. The van der Waals surface area contributed by atoms with Crippen LogP contribution in [0.2, 0.25) is 0 Å². The Bertz CT molecular complexity index is 409. The van der Waals surface area contributed by atoms with E-state index in [9.17, 15) is 5.11 Å². The van der Waals surface area contributed by atoms with Gasteiger partial charge in [0.1, 0.15) is 0 Å². The molecule has 2 aliphatic carbocycles. The maximum Gasteiger partial charge on any atom is 0.0611 e. The maximum absolute atomic E-state index is 10.5. The molecular formula is C17H24O. The predicted octanol–water partition coefficient (Wildman–Crippen LogP) is 4.12. The van der Waals surface area contributed by atoms with E-state index in [0.717, 1.165) is 17.9 Å². The van der Waals surface area contributed by atoms with Gasteiger partial charge in [-0.2, -0.15) is 0 Å². The summed E-state index contributed by atoms with van der Waals surface area (Å²) in [5.41, 5.74) is 1.14. The fraction of sp³-hybridized carbons (Fsp3) is 0.647. The van der Waals surface area contributed by atoms with Crippen molar-refractivity contribution in [3.05, 3.63) is 35.9 Å². The fourth-order valence-corrected chi connectivity index (χ4v) is 3.91. The molecule has 0 aromatic heterocycles. The van der Waals surface area contributed by atoms with Crippen LogP contribution >= 0.6 is 0 Å². The molecule has 0 heterocycles. The Hall–Kier alpha value is -0.820. The van der Waals surface area contributed by atoms with E-state index in [1.54, 1.807) is 0 Å². The molecule has 0 radical (unpaired) electrons. The molecule has 1 aromatic carbocycles. The number of benzene rings is 1. The highest BCUT2D eigenvalue weighted by molar-refractivity contribution is 5.22. The summed E-state index contributed by atoms with van der Waals surface area (Å²) >= 11 is 0. The van der Waals surface area contributed by atoms with Gasteiger partial charge in [0.15, 0.2) is 0 Å². The molecule has 1 N–H and O–H groups in total. The Morgan fingerprint density at radius 1 is 0.944 bits per heavy atom. The molecule has 2 fully saturated rings. The third-order valence-electron chi connectivity index (χ3n) is 4.93. The van der Waals surface area contributed by atoms with E-state index in [4.69, 9.17) is 1.37 Å². The van der Waals surface area contributed by atoms with Gasteiger partial charge in [-0.1, -0.05) is 62.4 Å². The SMILES string of the molecule is [2H]C1(O)C[C@@H](C2CCCCC2)C[C@@H]1c1ccccc1. The van der Waals surface area contributed by atoms with Crippen molar-refractivity contribution in [3.63, 3.8) is 0 Å². The molecule has 0 amide bonds. The summed E-state index contributed by atoms with van der Waals surface area (Å²) in [6, 6.07) is 10.2. The lowest BCUT2D eigenvalue weighted by Gasteiger charge is -2.27. The first-order chi connectivity index (χ1) is 9.17. The highest BCUT2D eigenvalue weighted by atomic mass is 16.3. The zero-order chi connectivity index (χ0) is 13.3. The van der Waals surface area contributed by atoms with Crippen LogP contribution < -0.4 is 0 Å². The first-order valence-corrected chi connectivity index (χ1v) is 7.44. The molecule has 0 spiro atoms. The zero-order valence-corrected chi connectivity index (χ0v) is 11.0. The molecule has 0 aliphatic heterocycles. The van der Waals surface area contributed by atoms with Gasteiger partial charge in [0.2, 0.25) is 0 Å². The van der Waals surface area contributed by atoms with Crippen LogP contribution in [0.4, 0.5) is 0 Å². The van der Waals surface area contributed by atoms with Gasteiger partial charge in [0.05, 0.1) is 7.45 Å². The van der Waals surface area contributed by atoms with Gasteiger partial charge in [-0.25, -0.2) is 0 Å². The molecule has 18 heavy (non-hydrogen) atoms. The normalized spacial score (nSPS) is 38.6. The van der Waals surface area contributed by atoms with Crippen LogP contribution in [0.15, 0.2) is 30.3 Å². The summed E-state index contributed by atoms with van der Waals surface area (Å²) in [7, 11) is 0. The number of hydrogen-bond donors (Lipinski definition) is 1. The van der Waals surface area contributed by atoms with Crippen molar-refractivity contribution in [3.8, 4) is 0 Å². The molecule has 0 saturated heterocycles. The highest BCUT2D eigenvalue weighted by Crippen LogP contribution is 2.45. The molecule has 0 bridgehead atoms. The maximum atomic E-state index is 10.5. The molecule has 3 rings (SSSR count). The lowest BCUT2D eigenvalue weighted by Crippen LogP contribution is -2.16. The van der Waals surface area contributed by atoms with Crippen LogP contribution in [-0.2, 0) is 0 Å². The standard InChI is InChI=1S/C17H24O/c18-17-12-15(13-7-3-1-4-8-13)11-16(17)14-9-5-2-6-10-14/h2,5-6,9-10,13,15-18H,1,3-4,7-8,11-12H2/t15-,16+,17?/m0/s1/i17D. The van der Waals surface area contributed by atoms with Crippen LogP contribution in [-0.4, -0.2) is 11.2 Å². The first-order valence-electron chi connectivity index (χ1n) is 7.94. The Kier molecular flexibility index (Phi) is 3.34.